The molecule has 1 aliphatic rings. The number of rotatable bonds is 3. The maximum Gasteiger partial charge on any atom is 0.254 e. The molecule has 0 radical (unpaired) electrons. The van der Waals surface area contributed by atoms with Crippen molar-refractivity contribution in [3.63, 3.8) is 0 Å². The van der Waals surface area contributed by atoms with Gasteiger partial charge in [-0.15, -0.1) is 0 Å². The van der Waals surface area contributed by atoms with Gasteiger partial charge in [0, 0.05) is 12.1 Å². The number of amides is 1. The van der Waals surface area contributed by atoms with Crippen molar-refractivity contribution in [2.75, 3.05) is 13.1 Å². The van der Waals surface area contributed by atoms with E-state index >= 15 is 0 Å². The monoisotopic (exact) mass is 343 g/mol. The van der Waals surface area contributed by atoms with Crippen LogP contribution in [0.15, 0.2) is 48.5 Å². The first-order chi connectivity index (χ1) is 12.0. The molecule has 4 nitrogen and oxygen atoms in total. The van der Waals surface area contributed by atoms with E-state index in [1.54, 1.807) is 4.90 Å². The lowest BCUT2D eigenvalue weighted by atomic mass is 10.0. The summed E-state index contributed by atoms with van der Waals surface area (Å²) in [6.45, 7) is 4.98. The van der Waals surface area contributed by atoms with Gasteiger partial charge < -0.3 is 14.7 Å². The second-order valence-electron chi connectivity index (χ2n) is 6.69. The van der Waals surface area contributed by atoms with E-state index in [1.807, 2.05) is 30.3 Å². The molecular formula is C20H22FNO3. The number of hydrogen-bond donors (Lipinski definition) is 1. The second kappa shape index (κ2) is 7.23. The Bertz CT molecular complexity index is 748. The number of phenolic OH excluding ortho intramolecular Hbond substituents is 1. The van der Waals surface area contributed by atoms with Gasteiger partial charge >= 0.3 is 0 Å². The van der Waals surface area contributed by atoms with Gasteiger partial charge in [-0.1, -0.05) is 44.2 Å². The second-order valence-corrected chi connectivity index (χ2v) is 6.69. The highest BCUT2D eigenvalue weighted by Crippen LogP contribution is 2.29. The quantitative estimate of drug-likeness (QED) is 0.923. The Kier molecular flexibility index (Phi) is 5.04. The summed E-state index contributed by atoms with van der Waals surface area (Å²) in [6.07, 6.45) is -0.307. The van der Waals surface area contributed by atoms with Crippen molar-refractivity contribution in [3.8, 4) is 5.75 Å². The summed E-state index contributed by atoms with van der Waals surface area (Å²) in [5.74, 6) is -1.26. The molecule has 2 aromatic rings. The number of aromatic hydroxyl groups is 1. The van der Waals surface area contributed by atoms with Crippen molar-refractivity contribution < 1.29 is 19.0 Å². The molecule has 0 bridgehead atoms. The molecule has 3 rings (SSSR count). The number of carbonyl (C=O) groups is 1. The molecule has 1 saturated heterocycles. The van der Waals surface area contributed by atoms with E-state index in [2.05, 4.69) is 13.8 Å². The maximum atomic E-state index is 13.6. The van der Waals surface area contributed by atoms with E-state index in [4.69, 9.17) is 4.74 Å². The summed E-state index contributed by atoms with van der Waals surface area (Å²) in [5, 5.41) is 9.32. The van der Waals surface area contributed by atoms with Crippen molar-refractivity contribution >= 4 is 5.91 Å². The topological polar surface area (TPSA) is 49.8 Å². The zero-order chi connectivity index (χ0) is 18.0. The molecule has 5 heteroatoms. The van der Waals surface area contributed by atoms with Crippen LogP contribution in [0.3, 0.4) is 0 Å². The first-order valence-electron chi connectivity index (χ1n) is 8.44. The summed E-state index contributed by atoms with van der Waals surface area (Å²) in [5.41, 5.74) is 1.24. The van der Waals surface area contributed by atoms with Gasteiger partial charge in [-0.25, -0.2) is 4.39 Å². The van der Waals surface area contributed by atoms with E-state index in [-0.39, 0.29) is 29.6 Å². The van der Waals surface area contributed by atoms with E-state index < -0.39 is 11.6 Å². The average Bonchev–Trinajstić information content (AvgIpc) is 2.63. The minimum absolute atomic E-state index is 0.0927. The van der Waals surface area contributed by atoms with Crippen LogP contribution in [-0.4, -0.2) is 35.1 Å². The lowest BCUT2D eigenvalue weighted by Gasteiger charge is -2.40. The fourth-order valence-corrected chi connectivity index (χ4v) is 3.00. The fraction of sp³-hybridized carbons (Fsp3) is 0.350. The zero-order valence-corrected chi connectivity index (χ0v) is 14.4. The molecule has 2 atom stereocenters. The number of halogens is 1. The smallest absolute Gasteiger partial charge is 0.254 e. The minimum atomic E-state index is -0.792. The van der Waals surface area contributed by atoms with Crippen molar-refractivity contribution in [2.45, 2.75) is 26.1 Å². The zero-order valence-electron chi connectivity index (χ0n) is 14.4. The SMILES string of the molecule is CC(C)[C@H]1CN(C(=O)c2ccc(O)c(F)c2)C[C@@H](c2ccccc2)O1. The van der Waals surface area contributed by atoms with Crippen LogP contribution < -0.4 is 0 Å². The van der Waals surface area contributed by atoms with Crippen LogP contribution in [-0.2, 0) is 4.74 Å². The number of morpholine rings is 1. The summed E-state index contributed by atoms with van der Waals surface area (Å²) in [4.78, 5) is 14.5. The number of hydrogen-bond acceptors (Lipinski definition) is 3. The predicted molar refractivity (Wildman–Crippen MR) is 92.9 cm³/mol. The molecule has 0 aliphatic carbocycles. The summed E-state index contributed by atoms with van der Waals surface area (Å²) >= 11 is 0. The van der Waals surface area contributed by atoms with E-state index in [9.17, 15) is 14.3 Å². The Morgan fingerprint density at radius 3 is 2.56 bits per heavy atom. The molecule has 0 spiro atoms. The van der Waals surface area contributed by atoms with Crippen LogP contribution in [0.2, 0.25) is 0 Å². The third kappa shape index (κ3) is 3.82. The van der Waals surface area contributed by atoms with Crippen molar-refractivity contribution in [2.24, 2.45) is 5.92 Å². The van der Waals surface area contributed by atoms with Gasteiger partial charge in [-0.3, -0.25) is 4.79 Å². The lowest BCUT2D eigenvalue weighted by Crippen LogP contribution is -2.48. The maximum absolute atomic E-state index is 13.6. The van der Waals surface area contributed by atoms with Gasteiger partial charge in [0.2, 0.25) is 0 Å². The summed E-state index contributed by atoms with van der Waals surface area (Å²) in [7, 11) is 0. The standard InChI is InChI=1S/C20H22FNO3/c1-13(2)18-11-22(12-19(25-18)14-6-4-3-5-7-14)20(24)15-8-9-17(23)16(21)10-15/h3-10,13,18-19,23H,11-12H2,1-2H3/t18-,19+/m1/s1. The number of carbonyl (C=O) groups excluding carboxylic acids is 1. The summed E-state index contributed by atoms with van der Waals surface area (Å²) in [6, 6.07) is 13.5. The summed E-state index contributed by atoms with van der Waals surface area (Å²) < 4.78 is 19.8. The normalized spacial score (nSPS) is 20.7. The molecule has 1 aliphatic heterocycles. The Hall–Kier alpha value is -2.40. The Balaban J connectivity index is 1.86. The highest BCUT2D eigenvalue weighted by molar-refractivity contribution is 5.94. The van der Waals surface area contributed by atoms with Crippen molar-refractivity contribution in [1.29, 1.82) is 0 Å². The number of phenols is 1. The van der Waals surface area contributed by atoms with E-state index in [1.165, 1.54) is 12.1 Å². The Morgan fingerprint density at radius 2 is 1.92 bits per heavy atom. The third-order valence-corrected chi connectivity index (χ3v) is 4.52. The molecule has 132 valence electrons. The predicted octanol–water partition coefficient (Wildman–Crippen LogP) is 3.77. The van der Waals surface area contributed by atoms with Crippen LogP contribution in [0.4, 0.5) is 4.39 Å². The molecule has 1 fully saturated rings. The van der Waals surface area contributed by atoms with Crippen molar-refractivity contribution in [1.82, 2.24) is 4.90 Å². The average molecular weight is 343 g/mol. The van der Waals surface area contributed by atoms with Gasteiger partial charge in [-0.05, 0) is 29.7 Å². The first-order valence-corrected chi connectivity index (χ1v) is 8.44. The molecule has 1 N–H and O–H groups in total. The molecule has 0 saturated carbocycles. The number of ether oxygens (including phenoxy) is 1. The fourth-order valence-electron chi connectivity index (χ4n) is 3.00. The van der Waals surface area contributed by atoms with Crippen LogP contribution in [0.1, 0.15) is 35.9 Å². The van der Waals surface area contributed by atoms with Gasteiger partial charge in [-0.2, -0.15) is 0 Å². The molecule has 2 aromatic carbocycles. The molecular weight excluding hydrogens is 321 g/mol. The molecule has 1 amide bonds. The molecule has 0 aromatic heterocycles. The largest absolute Gasteiger partial charge is 0.505 e. The van der Waals surface area contributed by atoms with Gasteiger partial charge in [0.05, 0.1) is 12.6 Å². The number of nitrogens with zero attached hydrogens (tertiary/aromatic N) is 1. The Morgan fingerprint density at radius 1 is 1.20 bits per heavy atom. The molecule has 1 heterocycles. The first kappa shape index (κ1) is 17.4. The minimum Gasteiger partial charge on any atom is -0.505 e. The van der Waals surface area contributed by atoms with E-state index in [0.29, 0.717) is 13.1 Å². The lowest BCUT2D eigenvalue weighted by molar-refractivity contribution is -0.0954. The van der Waals surface area contributed by atoms with Crippen LogP contribution in [0, 0.1) is 11.7 Å². The number of benzene rings is 2. The molecule has 25 heavy (non-hydrogen) atoms. The van der Waals surface area contributed by atoms with Gasteiger partial charge in [0.25, 0.3) is 5.91 Å². The van der Waals surface area contributed by atoms with Crippen molar-refractivity contribution in [3.05, 3.63) is 65.5 Å². The van der Waals surface area contributed by atoms with Gasteiger partial charge in [0.15, 0.2) is 11.6 Å². The highest BCUT2D eigenvalue weighted by Gasteiger charge is 2.33. The highest BCUT2D eigenvalue weighted by atomic mass is 19.1. The van der Waals surface area contributed by atoms with E-state index in [0.717, 1.165) is 11.6 Å². The van der Waals surface area contributed by atoms with Gasteiger partial charge in [0.1, 0.15) is 6.10 Å². The van der Waals surface area contributed by atoms with Crippen LogP contribution >= 0.6 is 0 Å². The van der Waals surface area contributed by atoms with Crippen LogP contribution in [0.5, 0.6) is 5.75 Å². The molecule has 0 unspecified atom stereocenters. The Labute approximate surface area is 146 Å². The third-order valence-electron chi connectivity index (χ3n) is 4.52. The van der Waals surface area contributed by atoms with Crippen LogP contribution in [0.25, 0.3) is 0 Å².